The average molecular weight is 723 g/mol. The number of hydrogen-bond acceptors (Lipinski definition) is 13. The fourth-order valence-corrected chi connectivity index (χ4v) is 5.42. The van der Waals surface area contributed by atoms with E-state index in [-0.39, 0.29) is 25.4 Å². The smallest absolute Gasteiger partial charge is 0.490 e. The molecular weight excluding hydrogens is 685 g/mol. The minimum Gasteiger partial charge on any atom is -0.497 e. The number of rotatable bonds is 13. The van der Waals surface area contributed by atoms with Gasteiger partial charge in [-0.05, 0) is 29.8 Å². The van der Waals surface area contributed by atoms with E-state index < -0.39 is 67.6 Å². The molecule has 1 aromatic carbocycles. The van der Waals surface area contributed by atoms with Crippen LogP contribution in [0.4, 0.5) is 18.9 Å². The number of aromatic nitrogens is 1. The predicted octanol–water partition coefficient (Wildman–Crippen LogP) is 0.454. The van der Waals surface area contributed by atoms with Gasteiger partial charge < -0.3 is 39.1 Å². The molecule has 0 saturated carbocycles. The van der Waals surface area contributed by atoms with Crippen LogP contribution in [0.3, 0.4) is 0 Å². The summed E-state index contributed by atoms with van der Waals surface area (Å²) in [6, 6.07) is 7.94. The number of nitrogens with zero attached hydrogens (tertiary/aromatic N) is 5. The minimum atomic E-state index is -5.36. The Balaban J connectivity index is 1.49. The normalized spacial score (nSPS) is 17.0. The van der Waals surface area contributed by atoms with Gasteiger partial charge in [-0.15, -0.1) is 0 Å². The lowest BCUT2D eigenvalue weighted by atomic mass is 10.0. The van der Waals surface area contributed by atoms with Gasteiger partial charge in [0.15, 0.2) is 6.61 Å². The van der Waals surface area contributed by atoms with Gasteiger partial charge in [0.1, 0.15) is 11.8 Å². The molecule has 2 aromatic rings. The fourth-order valence-electron chi connectivity index (χ4n) is 5.42. The largest absolute Gasteiger partial charge is 0.497 e. The number of hydroxylamine groups is 2. The number of anilines is 1. The molecular formula is C32H37F3N6O10. The quantitative estimate of drug-likeness (QED) is 0.283. The highest BCUT2D eigenvalue weighted by Crippen LogP contribution is 2.21. The van der Waals surface area contributed by atoms with Crippen molar-refractivity contribution in [2.45, 2.75) is 37.6 Å². The highest BCUT2D eigenvalue weighted by molar-refractivity contribution is 5.95. The molecule has 2 atom stereocenters. The second-order valence-corrected chi connectivity index (χ2v) is 11.4. The number of amides is 3. The molecule has 0 radical (unpaired) electrons. The Morgan fingerprint density at radius 1 is 0.922 bits per heavy atom. The first kappa shape index (κ1) is 38.3. The molecule has 2 aliphatic rings. The number of esters is 2. The Bertz CT molecular complexity index is 1560. The minimum absolute atomic E-state index is 0.132. The highest BCUT2D eigenvalue weighted by Gasteiger charge is 2.44. The van der Waals surface area contributed by atoms with E-state index in [0.717, 1.165) is 23.3 Å². The van der Waals surface area contributed by atoms with E-state index in [4.69, 9.17) is 14.3 Å². The number of hydrogen-bond donors (Lipinski definition) is 1. The van der Waals surface area contributed by atoms with Gasteiger partial charge >= 0.3 is 24.1 Å². The van der Waals surface area contributed by atoms with Crippen LogP contribution in [0.25, 0.3) is 0 Å². The maximum Gasteiger partial charge on any atom is 0.490 e. The number of piperazine rings is 2. The van der Waals surface area contributed by atoms with Gasteiger partial charge in [0.05, 0.1) is 39.6 Å². The van der Waals surface area contributed by atoms with Gasteiger partial charge in [-0.1, -0.05) is 12.1 Å². The van der Waals surface area contributed by atoms with Crippen molar-refractivity contribution in [2.24, 2.45) is 0 Å². The summed E-state index contributed by atoms with van der Waals surface area (Å²) in [4.78, 5) is 90.3. The second kappa shape index (κ2) is 17.5. The zero-order valence-electron chi connectivity index (χ0n) is 27.8. The second-order valence-electron chi connectivity index (χ2n) is 11.4. The number of halogens is 3. The van der Waals surface area contributed by atoms with Crippen LogP contribution in [0.15, 0.2) is 48.8 Å². The molecule has 3 heterocycles. The summed E-state index contributed by atoms with van der Waals surface area (Å²) in [5, 5.41) is 3.56. The van der Waals surface area contributed by atoms with E-state index in [1.165, 1.54) is 7.11 Å². The Kier molecular flexibility index (Phi) is 13.1. The molecule has 1 aromatic heterocycles. The zero-order chi connectivity index (χ0) is 37.1. The summed E-state index contributed by atoms with van der Waals surface area (Å²) < 4.78 is 51.1. The Morgan fingerprint density at radius 3 is 2.20 bits per heavy atom. The lowest BCUT2D eigenvalue weighted by molar-refractivity contribution is -0.218. The van der Waals surface area contributed by atoms with Crippen molar-refractivity contribution in [3.8, 4) is 5.75 Å². The van der Waals surface area contributed by atoms with Crippen LogP contribution in [0.2, 0.25) is 0 Å². The topological polar surface area (TPSA) is 177 Å². The third-order valence-corrected chi connectivity index (χ3v) is 8.14. The van der Waals surface area contributed by atoms with E-state index in [2.05, 4.69) is 19.9 Å². The molecule has 0 bridgehead atoms. The summed E-state index contributed by atoms with van der Waals surface area (Å²) in [7, 11) is 2.57. The van der Waals surface area contributed by atoms with Crippen LogP contribution in [0, 0.1) is 0 Å². The maximum atomic E-state index is 14.2. The number of pyridine rings is 1. The zero-order valence-corrected chi connectivity index (χ0v) is 27.8. The lowest BCUT2D eigenvalue weighted by Crippen LogP contribution is -2.63. The average Bonchev–Trinajstić information content (AvgIpc) is 3.13. The molecule has 4 rings (SSSR count). The Hall–Kier alpha value is -5.46. The van der Waals surface area contributed by atoms with Gasteiger partial charge in [-0.25, -0.2) is 9.59 Å². The molecule has 1 unspecified atom stereocenters. The Labute approximate surface area is 290 Å². The number of methoxy groups -OCH3 is 2. The van der Waals surface area contributed by atoms with Crippen LogP contribution in [-0.4, -0.2) is 134 Å². The van der Waals surface area contributed by atoms with Crippen LogP contribution in [0.5, 0.6) is 5.75 Å². The molecule has 16 nitrogen and oxygen atoms in total. The molecule has 2 fully saturated rings. The first-order valence-electron chi connectivity index (χ1n) is 15.7. The fraction of sp³-hybridized carbons (Fsp3) is 0.469. The number of ether oxygens (including phenoxy) is 3. The van der Waals surface area contributed by atoms with E-state index in [0.29, 0.717) is 37.0 Å². The molecule has 276 valence electrons. The van der Waals surface area contributed by atoms with Crippen LogP contribution in [0.1, 0.15) is 18.4 Å². The predicted molar refractivity (Wildman–Crippen MR) is 168 cm³/mol. The van der Waals surface area contributed by atoms with Crippen molar-refractivity contribution in [2.75, 3.05) is 65.0 Å². The van der Waals surface area contributed by atoms with Gasteiger partial charge in [0.25, 0.3) is 5.91 Å². The molecule has 3 amide bonds. The molecule has 2 saturated heterocycles. The summed E-state index contributed by atoms with van der Waals surface area (Å²) in [6.07, 6.45) is -2.98. The summed E-state index contributed by atoms with van der Waals surface area (Å²) in [5.41, 5.74) is 1.71. The molecule has 19 heteroatoms. The first-order valence-corrected chi connectivity index (χ1v) is 15.7. The van der Waals surface area contributed by atoms with Crippen LogP contribution in [-0.2, 0) is 49.6 Å². The SMILES string of the molecule is COC(=O)C[C@H]1C(=O)N(OC(=O)COC(=O)C(F)(F)F)CCN1C(=O)C(CC(=O)N1CCN(c2ccncc2)CC1)NCc1ccc(OC)cc1. The van der Waals surface area contributed by atoms with Gasteiger partial charge in [0, 0.05) is 57.3 Å². The van der Waals surface area contributed by atoms with Crippen LogP contribution >= 0.6 is 0 Å². The first-order chi connectivity index (χ1) is 24.3. The van der Waals surface area contributed by atoms with Crippen molar-refractivity contribution in [3.63, 3.8) is 0 Å². The number of alkyl halides is 3. The van der Waals surface area contributed by atoms with Gasteiger partial charge in [-0.3, -0.25) is 24.2 Å². The standard InChI is InChI=1S/C32H37F3N6O10/c1-48-23-5-3-21(4-6-23)19-37-24(17-26(42)39-13-11-38(12-14-39)22-7-9-36-10-8-22)29(45)40-15-16-41(30(46)25(40)18-27(43)49-2)51-28(44)20-50-31(47)32(33,34)35/h3-10,24-25,37H,11-20H2,1-2H3/t24?,25-/m0/s1. The third kappa shape index (κ3) is 10.5. The summed E-state index contributed by atoms with van der Waals surface area (Å²) >= 11 is 0. The third-order valence-electron chi connectivity index (χ3n) is 8.14. The summed E-state index contributed by atoms with van der Waals surface area (Å²) in [6.45, 7) is -0.230. The van der Waals surface area contributed by atoms with Gasteiger partial charge in [0.2, 0.25) is 11.8 Å². The maximum absolute atomic E-state index is 14.2. The molecule has 51 heavy (non-hydrogen) atoms. The van der Waals surface area contributed by atoms with E-state index >= 15 is 0 Å². The van der Waals surface area contributed by atoms with Crippen molar-refractivity contribution in [1.82, 2.24) is 25.2 Å². The monoisotopic (exact) mass is 722 g/mol. The van der Waals surface area contributed by atoms with Crippen molar-refractivity contribution in [1.29, 1.82) is 0 Å². The number of carbonyl (C=O) groups is 6. The Morgan fingerprint density at radius 2 is 1.59 bits per heavy atom. The number of nitrogens with one attached hydrogen (secondary N) is 1. The molecule has 0 spiro atoms. The summed E-state index contributed by atoms with van der Waals surface area (Å²) in [5.74, 6) is -6.54. The lowest BCUT2D eigenvalue weighted by Gasteiger charge is -2.40. The van der Waals surface area contributed by atoms with E-state index in [9.17, 15) is 41.9 Å². The molecule has 2 aliphatic heterocycles. The number of carbonyl (C=O) groups excluding carboxylic acids is 6. The molecule has 1 N–H and O–H groups in total. The van der Waals surface area contributed by atoms with Crippen LogP contribution < -0.4 is 15.0 Å². The van der Waals surface area contributed by atoms with Crippen molar-refractivity contribution >= 4 is 41.3 Å². The van der Waals surface area contributed by atoms with Crippen molar-refractivity contribution in [3.05, 3.63) is 54.4 Å². The van der Waals surface area contributed by atoms with Gasteiger partial charge in [-0.2, -0.15) is 18.2 Å². The number of benzene rings is 1. The van der Waals surface area contributed by atoms with E-state index in [1.807, 2.05) is 12.1 Å². The highest BCUT2D eigenvalue weighted by atomic mass is 19.4. The van der Waals surface area contributed by atoms with Crippen molar-refractivity contribution < 1.29 is 61.0 Å². The molecule has 0 aliphatic carbocycles. The van der Waals surface area contributed by atoms with E-state index in [1.54, 1.807) is 41.6 Å².